The van der Waals surface area contributed by atoms with Gasteiger partial charge in [0, 0.05) is 0 Å². The fraction of sp³-hybridized carbons (Fsp3) is 0.800. The summed E-state index contributed by atoms with van der Waals surface area (Å²) in [5, 5.41) is 9.91. The number of hydrogen-bond acceptors (Lipinski definition) is 3. The van der Waals surface area contributed by atoms with E-state index in [2.05, 4.69) is 15.4 Å². The van der Waals surface area contributed by atoms with Crippen LogP contribution in [0, 0.1) is 5.92 Å². The summed E-state index contributed by atoms with van der Waals surface area (Å²) < 4.78 is 12.4. The Balaban J connectivity index is 2.64. The first-order valence-electron chi connectivity index (χ1n) is 2.83. The van der Waals surface area contributed by atoms with E-state index < -0.39 is 6.30 Å². The first-order chi connectivity index (χ1) is 4.22. The molecule has 0 saturated heterocycles. The SMILES string of the molecule is CC(C)C1=NN=NC1F. The lowest BCUT2D eigenvalue weighted by molar-refractivity contribution is 0.425. The third-order valence-corrected chi connectivity index (χ3v) is 1.15. The Hall–Kier alpha value is -0.800. The van der Waals surface area contributed by atoms with Gasteiger partial charge in [-0.05, 0) is 11.1 Å². The molecule has 1 rings (SSSR count). The molecule has 9 heavy (non-hydrogen) atoms. The highest BCUT2D eigenvalue weighted by atomic mass is 19.1. The van der Waals surface area contributed by atoms with E-state index in [-0.39, 0.29) is 5.92 Å². The van der Waals surface area contributed by atoms with Gasteiger partial charge in [-0.3, -0.25) is 0 Å². The second-order valence-corrected chi connectivity index (χ2v) is 2.22. The number of hydrogen-bond donors (Lipinski definition) is 0. The van der Waals surface area contributed by atoms with Gasteiger partial charge in [-0.15, -0.1) is 10.2 Å². The van der Waals surface area contributed by atoms with Gasteiger partial charge in [-0.1, -0.05) is 13.8 Å². The molecule has 0 aliphatic carbocycles. The summed E-state index contributed by atoms with van der Waals surface area (Å²) in [6.45, 7) is 3.73. The molecule has 1 heterocycles. The number of alkyl halides is 1. The van der Waals surface area contributed by atoms with Crippen molar-refractivity contribution in [1.29, 1.82) is 0 Å². The molecule has 0 saturated carbocycles. The number of nitrogens with zero attached hydrogens (tertiary/aromatic N) is 3. The molecule has 1 atom stereocenters. The zero-order chi connectivity index (χ0) is 6.85. The average molecular weight is 129 g/mol. The van der Waals surface area contributed by atoms with E-state index in [1.165, 1.54) is 0 Å². The largest absolute Gasteiger partial charge is 0.251 e. The lowest BCUT2D eigenvalue weighted by Crippen LogP contribution is -2.15. The van der Waals surface area contributed by atoms with Crippen LogP contribution >= 0.6 is 0 Å². The minimum absolute atomic E-state index is 0.106. The van der Waals surface area contributed by atoms with Gasteiger partial charge >= 0.3 is 0 Å². The van der Waals surface area contributed by atoms with E-state index in [4.69, 9.17) is 0 Å². The van der Waals surface area contributed by atoms with E-state index in [1.54, 1.807) is 0 Å². The second kappa shape index (κ2) is 2.21. The van der Waals surface area contributed by atoms with Crippen molar-refractivity contribution in [3.8, 4) is 0 Å². The summed E-state index contributed by atoms with van der Waals surface area (Å²) in [6, 6.07) is 0. The van der Waals surface area contributed by atoms with Crippen molar-refractivity contribution in [2.24, 2.45) is 21.4 Å². The molecular formula is C5H8FN3. The molecule has 1 unspecified atom stereocenters. The summed E-state index contributed by atoms with van der Waals surface area (Å²) in [5.41, 5.74) is 0.426. The van der Waals surface area contributed by atoms with Crippen LogP contribution in [-0.2, 0) is 0 Å². The van der Waals surface area contributed by atoms with Crippen molar-refractivity contribution in [2.75, 3.05) is 0 Å². The van der Waals surface area contributed by atoms with Crippen LogP contribution in [-0.4, -0.2) is 12.0 Å². The summed E-state index contributed by atoms with van der Waals surface area (Å²) in [7, 11) is 0. The third-order valence-electron chi connectivity index (χ3n) is 1.15. The van der Waals surface area contributed by atoms with Gasteiger partial charge in [-0.2, -0.15) is 0 Å². The number of rotatable bonds is 1. The van der Waals surface area contributed by atoms with Crippen molar-refractivity contribution in [3.05, 3.63) is 0 Å². The molecular weight excluding hydrogens is 121 g/mol. The molecule has 1 aliphatic rings. The molecule has 0 N–H and O–H groups in total. The lowest BCUT2D eigenvalue weighted by Gasteiger charge is -2.02. The van der Waals surface area contributed by atoms with Crippen LogP contribution in [0.5, 0.6) is 0 Å². The Morgan fingerprint density at radius 3 is 2.44 bits per heavy atom. The lowest BCUT2D eigenvalue weighted by atomic mass is 10.1. The highest BCUT2D eigenvalue weighted by Crippen LogP contribution is 2.13. The Kier molecular flexibility index (Phi) is 1.55. The summed E-state index contributed by atoms with van der Waals surface area (Å²) >= 11 is 0. The van der Waals surface area contributed by atoms with Crippen LogP contribution in [0.2, 0.25) is 0 Å². The Morgan fingerprint density at radius 2 is 2.22 bits per heavy atom. The zero-order valence-corrected chi connectivity index (χ0v) is 5.37. The first-order valence-corrected chi connectivity index (χ1v) is 2.83. The fourth-order valence-electron chi connectivity index (χ4n) is 0.620. The van der Waals surface area contributed by atoms with Crippen LogP contribution < -0.4 is 0 Å². The zero-order valence-electron chi connectivity index (χ0n) is 5.37. The summed E-state index contributed by atoms with van der Waals surface area (Å²) in [5.74, 6) is 0.106. The van der Waals surface area contributed by atoms with Gasteiger partial charge in [0.15, 0.2) is 0 Å². The van der Waals surface area contributed by atoms with Crippen LogP contribution in [0.1, 0.15) is 13.8 Å². The Labute approximate surface area is 52.7 Å². The van der Waals surface area contributed by atoms with E-state index >= 15 is 0 Å². The molecule has 0 amide bonds. The van der Waals surface area contributed by atoms with E-state index in [9.17, 15) is 4.39 Å². The smallest absolute Gasteiger partial charge is 0.213 e. The standard InChI is InChI=1S/C5H8FN3/c1-3(2)4-5(6)8-9-7-4/h3,5H,1-2H3. The maximum Gasteiger partial charge on any atom is 0.251 e. The van der Waals surface area contributed by atoms with Crippen LogP contribution in [0.3, 0.4) is 0 Å². The van der Waals surface area contributed by atoms with Gasteiger partial charge in [0.05, 0.1) is 0 Å². The molecule has 0 fully saturated rings. The van der Waals surface area contributed by atoms with E-state index in [0.717, 1.165) is 0 Å². The quantitative estimate of drug-likeness (QED) is 0.484. The molecule has 50 valence electrons. The van der Waals surface area contributed by atoms with Crippen LogP contribution in [0.25, 0.3) is 0 Å². The predicted molar refractivity (Wildman–Crippen MR) is 32.0 cm³/mol. The molecule has 0 aromatic heterocycles. The molecule has 1 aliphatic heterocycles. The predicted octanol–water partition coefficient (Wildman–Crippen LogP) is 1.76. The Bertz CT molecular complexity index is 162. The first kappa shape index (κ1) is 6.32. The normalized spacial score (nSPS) is 25.3. The topological polar surface area (TPSA) is 37.1 Å². The van der Waals surface area contributed by atoms with Crippen molar-refractivity contribution in [1.82, 2.24) is 0 Å². The van der Waals surface area contributed by atoms with Crippen molar-refractivity contribution in [2.45, 2.75) is 20.1 Å². The van der Waals surface area contributed by atoms with Gasteiger partial charge in [0.1, 0.15) is 5.71 Å². The molecule has 0 bridgehead atoms. The summed E-state index contributed by atoms with van der Waals surface area (Å²) in [4.78, 5) is 0. The molecule has 3 nitrogen and oxygen atoms in total. The molecule has 0 aromatic rings. The minimum atomic E-state index is -1.29. The van der Waals surface area contributed by atoms with E-state index in [0.29, 0.717) is 5.71 Å². The fourth-order valence-corrected chi connectivity index (χ4v) is 0.620. The minimum Gasteiger partial charge on any atom is -0.213 e. The highest BCUT2D eigenvalue weighted by molar-refractivity contribution is 5.90. The Morgan fingerprint density at radius 1 is 1.56 bits per heavy atom. The monoisotopic (exact) mass is 129 g/mol. The van der Waals surface area contributed by atoms with Crippen molar-refractivity contribution >= 4 is 5.71 Å². The maximum atomic E-state index is 12.4. The van der Waals surface area contributed by atoms with Gasteiger partial charge in [0.2, 0.25) is 0 Å². The molecule has 0 spiro atoms. The van der Waals surface area contributed by atoms with E-state index in [1.807, 2.05) is 13.8 Å². The molecule has 4 heteroatoms. The molecule has 0 radical (unpaired) electrons. The summed E-state index contributed by atoms with van der Waals surface area (Å²) in [6.07, 6.45) is -1.29. The van der Waals surface area contributed by atoms with Crippen LogP contribution in [0.15, 0.2) is 15.4 Å². The van der Waals surface area contributed by atoms with Crippen molar-refractivity contribution in [3.63, 3.8) is 0 Å². The molecule has 0 aromatic carbocycles. The second-order valence-electron chi connectivity index (χ2n) is 2.22. The van der Waals surface area contributed by atoms with Crippen molar-refractivity contribution < 1.29 is 4.39 Å². The highest BCUT2D eigenvalue weighted by Gasteiger charge is 2.21. The van der Waals surface area contributed by atoms with Gasteiger partial charge < -0.3 is 0 Å². The third kappa shape index (κ3) is 1.12. The number of halogens is 1. The maximum absolute atomic E-state index is 12.4. The van der Waals surface area contributed by atoms with Crippen LogP contribution in [0.4, 0.5) is 4.39 Å². The average Bonchev–Trinajstić information content (AvgIpc) is 2.13. The van der Waals surface area contributed by atoms with Gasteiger partial charge in [-0.25, -0.2) is 4.39 Å². The van der Waals surface area contributed by atoms with Gasteiger partial charge in [0.25, 0.3) is 6.30 Å².